The lowest BCUT2D eigenvalue weighted by Gasteiger charge is -2.28. The van der Waals surface area contributed by atoms with Crippen LogP contribution >= 0.6 is 0 Å². The van der Waals surface area contributed by atoms with Gasteiger partial charge in [0.15, 0.2) is 11.5 Å². The van der Waals surface area contributed by atoms with Crippen LogP contribution in [0.1, 0.15) is 64.4 Å². The molecule has 1 aliphatic carbocycles. The molecule has 3 rings (SSSR count). The lowest BCUT2D eigenvalue weighted by molar-refractivity contribution is -0.151. The van der Waals surface area contributed by atoms with E-state index in [-0.39, 0.29) is 42.7 Å². The zero-order valence-corrected chi connectivity index (χ0v) is 16.1. The van der Waals surface area contributed by atoms with Crippen molar-refractivity contribution in [2.75, 3.05) is 6.61 Å². The molecule has 2 aliphatic rings. The third kappa shape index (κ3) is 4.90. The van der Waals surface area contributed by atoms with Gasteiger partial charge in [-0.05, 0) is 63.9 Å². The fourth-order valence-electron chi connectivity index (χ4n) is 3.83. The Morgan fingerprint density at radius 2 is 1.93 bits per heavy atom. The highest BCUT2D eigenvalue weighted by Crippen LogP contribution is 2.37. The van der Waals surface area contributed by atoms with E-state index in [1.807, 2.05) is 0 Å². The summed E-state index contributed by atoms with van der Waals surface area (Å²) in [5.41, 5.74) is 0.604. The topological polar surface area (TPSA) is 44.8 Å². The standard InChI is InChI=1S/C21H28F2O4/c1-3-25-17-12-14-6-9-16(27-21(14)20(23)19(17)22)10-11-18(24)26-15-7-4-13(2)5-8-15/h12-13,15-16H,3-11H2,1-2H3. The summed E-state index contributed by atoms with van der Waals surface area (Å²) >= 11 is 0. The molecular weight excluding hydrogens is 354 g/mol. The summed E-state index contributed by atoms with van der Waals surface area (Å²) in [6.45, 7) is 4.20. The number of hydrogen-bond acceptors (Lipinski definition) is 4. The van der Waals surface area contributed by atoms with Crippen molar-refractivity contribution in [3.05, 3.63) is 23.3 Å². The van der Waals surface area contributed by atoms with Gasteiger partial charge in [-0.25, -0.2) is 0 Å². The van der Waals surface area contributed by atoms with Gasteiger partial charge in [-0.2, -0.15) is 8.78 Å². The van der Waals surface area contributed by atoms with Crippen molar-refractivity contribution in [2.45, 2.75) is 77.4 Å². The zero-order chi connectivity index (χ0) is 19.4. The van der Waals surface area contributed by atoms with Crippen LogP contribution in [0.25, 0.3) is 0 Å². The lowest BCUT2D eigenvalue weighted by Crippen LogP contribution is -2.27. The minimum atomic E-state index is -1.03. The van der Waals surface area contributed by atoms with Gasteiger partial charge < -0.3 is 14.2 Å². The lowest BCUT2D eigenvalue weighted by atomic mass is 9.89. The predicted octanol–water partition coefficient (Wildman–Crippen LogP) is 4.96. The Balaban J connectivity index is 1.52. The quantitative estimate of drug-likeness (QED) is 0.653. The highest BCUT2D eigenvalue weighted by atomic mass is 19.2. The first kappa shape index (κ1) is 19.9. The second-order valence-electron chi connectivity index (χ2n) is 7.61. The number of hydrogen-bond donors (Lipinski definition) is 0. The first-order chi connectivity index (χ1) is 13.0. The number of carbonyl (C=O) groups is 1. The van der Waals surface area contributed by atoms with Gasteiger partial charge in [0.2, 0.25) is 11.6 Å². The highest BCUT2D eigenvalue weighted by molar-refractivity contribution is 5.69. The minimum Gasteiger partial charge on any atom is -0.491 e. The molecule has 150 valence electrons. The van der Waals surface area contributed by atoms with Crippen LogP contribution in [0.4, 0.5) is 8.78 Å². The maximum absolute atomic E-state index is 14.3. The van der Waals surface area contributed by atoms with E-state index in [4.69, 9.17) is 14.2 Å². The molecule has 1 fully saturated rings. The number of aryl methyl sites for hydroxylation is 1. The van der Waals surface area contributed by atoms with Gasteiger partial charge in [-0.15, -0.1) is 0 Å². The molecule has 1 heterocycles. The molecule has 4 nitrogen and oxygen atoms in total. The van der Waals surface area contributed by atoms with Crippen molar-refractivity contribution >= 4 is 5.97 Å². The molecule has 1 aromatic carbocycles. The molecule has 1 atom stereocenters. The van der Waals surface area contributed by atoms with E-state index in [9.17, 15) is 13.6 Å². The van der Waals surface area contributed by atoms with Crippen LogP contribution in [0.5, 0.6) is 11.5 Å². The van der Waals surface area contributed by atoms with Crippen molar-refractivity contribution in [3.63, 3.8) is 0 Å². The molecule has 1 unspecified atom stereocenters. The van der Waals surface area contributed by atoms with Gasteiger partial charge in [-0.3, -0.25) is 4.79 Å². The summed E-state index contributed by atoms with van der Waals surface area (Å²) in [5.74, 6) is -1.71. The van der Waals surface area contributed by atoms with Crippen LogP contribution in [0.2, 0.25) is 0 Å². The SMILES string of the molecule is CCOc1cc2c(c(F)c1F)OC(CCC(=O)OC1CCC(C)CC1)CC2. The van der Waals surface area contributed by atoms with Crippen molar-refractivity contribution in [3.8, 4) is 11.5 Å². The van der Waals surface area contributed by atoms with Gasteiger partial charge >= 0.3 is 5.97 Å². The van der Waals surface area contributed by atoms with Gasteiger partial charge in [-0.1, -0.05) is 6.92 Å². The molecular formula is C21H28F2O4. The largest absolute Gasteiger partial charge is 0.491 e. The average Bonchev–Trinajstić information content (AvgIpc) is 2.66. The van der Waals surface area contributed by atoms with Crippen LogP contribution in [0.3, 0.4) is 0 Å². The number of halogens is 2. The van der Waals surface area contributed by atoms with Crippen LogP contribution in [-0.2, 0) is 16.0 Å². The summed E-state index contributed by atoms with van der Waals surface area (Å²) < 4.78 is 44.7. The summed E-state index contributed by atoms with van der Waals surface area (Å²) in [6, 6.07) is 1.51. The third-order valence-electron chi connectivity index (χ3n) is 5.46. The Kier molecular flexibility index (Phi) is 6.55. The normalized spacial score (nSPS) is 24.7. The minimum absolute atomic E-state index is 0.0187. The summed E-state index contributed by atoms with van der Waals surface area (Å²) in [5, 5.41) is 0. The van der Waals surface area contributed by atoms with Gasteiger partial charge in [0.25, 0.3) is 0 Å². The van der Waals surface area contributed by atoms with E-state index in [0.29, 0.717) is 30.7 Å². The van der Waals surface area contributed by atoms with E-state index in [1.165, 1.54) is 6.07 Å². The molecule has 6 heteroatoms. The van der Waals surface area contributed by atoms with Crippen LogP contribution in [0.15, 0.2) is 6.07 Å². The van der Waals surface area contributed by atoms with Gasteiger partial charge in [0, 0.05) is 12.0 Å². The van der Waals surface area contributed by atoms with Crippen molar-refractivity contribution < 1.29 is 27.8 Å². The van der Waals surface area contributed by atoms with Crippen molar-refractivity contribution in [1.82, 2.24) is 0 Å². The molecule has 1 saturated carbocycles. The molecule has 0 aromatic heterocycles. The van der Waals surface area contributed by atoms with Crippen molar-refractivity contribution in [1.29, 1.82) is 0 Å². The first-order valence-corrected chi connectivity index (χ1v) is 9.97. The third-order valence-corrected chi connectivity index (χ3v) is 5.46. The van der Waals surface area contributed by atoms with E-state index < -0.39 is 11.6 Å². The Morgan fingerprint density at radius 1 is 1.19 bits per heavy atom. The monoisotopic (exact) mass is 382 g/mol. The number of esters is 1. The second-order valence-corrected chi connectivity index (χ2v) is 7.61. The average molecular weight is 382 g/mol. The second kappa shape index (κ2) is 8.89. The Hall–Kier alpha value is -1.85. The molecule has 0 N–H and O–H groups in total. The highest BCUT2D eigenvalue weighted by Gasteiger charge is 2.28. The molecule has 0 radical (unpaired) electrons. The molecule has 0 spiro atoms. The maximum Gasteiger partial charge on any atom is 0.306 e. The number of fused-ring (bicyclic) bond motifs is 1. The summed E-state index contributed by atoms with van der Waals surface area (Å²) in [4.78, 5) is 12.1. The molecule has 0 amide bonds. The Bertz CT molecular complexity index is 669. The van der Waals surface area contributed by atoms with Crippen LogP contribution < -0.4 is 9.47 Å². The van der Waals surface area contributed by atoms with Crippen LogP contribution in [-0.4, -0.2) is 24.8 Å². The number of rotatable bonds is 6. The van der Waals surface area contributed by atoms with E-state index in [1.54, 1.807) is 6.92 Å². The van der Waals surface area contributed by atoms with E-state index in [2.05, 4.69) is 6.92 Å². The Labute approximate surface area is 159 Å². The number of carbonyl (C=O) groups excluding carboxylic acids is 1. The first-order valence-electron chi connectivity index (χ1n) is 9.97. The number of ether oxygens (including phenoxy) is 3. The summed E-state index contributed by atoms with van der Waals surface area (Å²) in [6.07, 6.45) is 5.62. The smallest absolute Gasteiger partial charge is 0.306 e. The predicted molar refractivity (Wildman–Crippen MR) is 97.0 cm³/mol. The maximum atomic E-state index is 14.3. The van der Waals surface area contributed by atoms with Gasteiger partial charge in [0.1, 0.15) is 6.10 Å². The molecule has 0 saturated heterocycles. The van der Waals surface area contributed by atoms with E-state index >= 15 is 0 Å². The zero-order valence-electron chi connectivity index (χ0n) is 16.1. The van der Waals surface area contributed by atoms with Gasteiger partial charge in [0.05, 0.1) is 12.7 Å². The van der Waals surface area contributed by atoms with Crippen molar-refractivity contribution in [2.24, 2.45) is 5.92 Å². The van der Waals surface area contributed by atoms with Crippen LogP contribution in [0, 0.1) is 17.6 Å². The molecule has 1 aliphatic heterocycles. The summed E-state index contributed by atoms with van der Waals surface area (Å²) in [7, 11) is 0. The fourth-order valence-corrected chi connectivity index (χ4v) is 3.83. The molecule has 27 heavy (non-hydrogen) atoms. The number of benzene rings is 1. The van der Waals surface area contributed by atoms with E-state index in [0.717, 1.165) is 25.7 Å². The molecule has 1 aromatic rings. The Morgan fingerprint density at radius 3 is 2.63 bits per heavy atom. The fraction of sp³-hybridized carbons (Fsp3) is 0.667. The molecule has 0 bridgehead atoms.